The largest absolute Gasteiger partial charge is 0.497 e. The summed E-state index contributed by atoms with van der Waals surface area (Å²) in [7, 11) is 1.64. The lowest BCUT2D eigenvalue weighted by Crippen LogP contribution is -2.37. The summed E-state index contributed by atoms with van der Waals surface area (Å²) < 4.78 is 26.5. The predicted molar refractivity (Wildman–Crippen MR) is 98.3 cm³/mol. The minimum atomic E-state index is -0.425. The fourth-order valence-corrected chi connectivity index (χ4v) is 2.98. The Morgan fingerprint density at radius 2 is 1.93 bits per heavy atom. The van der Waals surface area contributed by atoms with E-state index in [2.05, 4.69) is 15.1 Å². The summed E-state index contributed by atoms with van der Waals surface area (Å²) in [6.45, 7) is 2.98. The van der Waals surface area contributed by atoms with Crippen molar-refractivity contribution in [1.29, 1.82) is 0 Å². The molecule has 140 valence electrons. The molecule has 3 heterocycles. The van der Waals surface area contributed by atoms with Crippen molar-refractivity contribution >= 4 is 5.82 Å². The zero-order valence-electron chi connectivity index (χ0n) is 15.0. The Hall–Kier alpha value is -3.00. The number of halogens is 1. The number of benzene rings is 1. The second kappa shape index (κ2) is 7.71. The van der Waals surface area contributed by atoms with E-state index in [0.717, 1.165) is 16.9 Å². The summed E-state index contributed by atoms with van der Waals surface area (Å²) in [4.78, 5) is 10.4. The van der Waals surface area contributed by atoms with Crippen molar-refractivity contribution < 1.29 is 13.9 Å². The number of nitrogens with zero attached hydrogens (tertiary/aromatic N) is 5. The first-order chi connectivity index (χ1) is 13.2. The number of hydrogen-bond acceptors (Lipinski definition) is 6. The fraction of sp³-hybridized carbons (Fsp3) is 0.316. The Bertz CT molecular complexity index is 907. The molecule has 1 aliphatic rings. The smallest absolute Gasteiger partial charge is 0.183 e. The first-order valence-corrected chi connectivity index (χ1v) is 8.74. The fourth-order valence-electron chi connectivity index (χ4n) is 2.98. The van der Waals surface area contributed by atoms with Gasteiger partial charge >= 0.3 is 0 Å². The van der Waals surface area contributed by atoms with E-state index in [9.17, 15) is 4.39 Å². The van der Waals surface area contributed by atoms with Gasteiger partial charge in [0.15, 0.2) is 17.5 Å². The van der Waals surface area contributed by atoms with E-state index in [1.54, 1.807) is 18.0 Å². The summed E-state index contributed by atoms with van der Waals surface area (Å²) in [6.07, 6.45) is 4.77. The second-order valence-electron chi connectivity index (χ2n) is 6.24. The molecule has 1 saturated heterocycles. The number of hydrogen-bond donors (Lipinski definition) is 0. The molecule has 3 aromatic rings. The molecule has 0 bridgehead atoms. The van der Waals surface area contributed by atoms with Gasteiger partial charge in [-0.2, -0.15) is 5.10 Å². The third-order valence-corrected chi connectivity index (χ3v) is 4.43. The molecule has 0 unspecified atom stereocenters. The average Bonchev–Trinajstić information content (AvgIpc) is 3.18. The minimum absolute atomic E-state index is 0.311. The van der Waals surface area contributed by atoms with E-state index in [0.29, 0.717) is 44.5 Å². The van der Waals surface area contributed by atoms with Crippen LogP contribution in [0.2, 0.25) is 0 Å². The van der Waals surface area contributed by atoms with Crippen molar-refractivity contribution in [2.45, 2.75) is 6.54 Å². The highest BCUT2D eigenvalue weighted by Gasteiger charge is 2.18. The van der Waals surface area contributed by atoms with Crippen LogP contribution in [0, 0.1) is 5.82 Å². The van der Waals surface area contributed by atoms with Gasteiger partial charge in [0, 0.05) is 19.3 Å². The van der Waals surface area contributed by atoms with Crippen LogP contribution in [0.1, 0.15) is 5.56 Å². The second-order valence-corrected chi connectivity index (χ2v) is 6.24. The van der Waals surface area contributed by atoms with E-state index in [-0.39, 0.29) is 0 Å². The third-order valence-electron chi connectivity index (χ3n) is 4.43. The third kappa shape index (κ3) is 3.90. The Labute approximate surface area is 156 Å². The molecule has 0 N–H and O–H groups in total. The topological polar surface area (TPSA) is 65.3 Å². The lowest BCUT2D eigenvalue weighted by atomic mass is 10.2. The zero-order valence-corrected chi connectivity index (χ0v) is 15.0. The standard InChI is InChI=1S/C19H20FN5O2/c1-26-16-4-2-14(3-5-16)12-25-13-15(10-22-25)18-21-11-17(20)19(23-18)24-6-8-27-9-7-24/h2-5,10-11,13H,6-9,12H2,1H3. The molecule has 8 heteroatoms. The number of methoxy groups -OCH3 is 1. The van der Waals surface area contributed by atoms with Gasteiger partial charge in [-0.05, 0) is 17.7 Å². The highest BCUT2D eigenvalue weighted by molar-refractivity contribution is 5.55. The van der Waals surface area contributed by atoms with Crippen LogP contribution in [0.5, 0.6) is 5.75 Å². The van der Waals surface area contributed by atoms with Gasteiger partial charge in [-0.15, -0.1) is 0 Å². The van der Waals surface area contributed by atoms with Crippen molar-refractivity contribution in [3.8, 4) is 17.1 Å². The molecule has 0 radical (unpaired) electrons. The molecule has 0 spiro atoms. The SMILES string of the molecule is COc1ccc(Cn2cc(-c3ncc(F)c(N4CCOCC4)n3)cn2)cc1. The Balaban J connectivity index is 1.53. The summed E-state index contributed by atoms with van der Waals surface area (Å²) >= 11 is 0. The van der Waals surface area contributed by atoms with Gasteiger partial charge in [0.05, 0.1) is 44.8 Å². The highest BCUT2D eigenvalue weighted by Crippen LogP contribution is 2.22. The lowest BCUT2D eigenvalue weighted by molar-refractivity contribution is 0.122. The minimum Gasteiger partial charge on any atom is -0.497 e. The molecule has 4 rings (SSSR count). The molecular weight excluding hydrogens is 349 g/mol. The number of ether oxygens (including phenoxy) is 2. The van der Waals surface area contributed by atoms with Crippen molar-refractivity contribution in [1.82, 2.24) is 19.7 Å². The Morgan fingerprint density at radius 3 is 2.67 bits per heavy atom. The first-order valence-electron chi connectivity index (χ1n) is 8.74. The molecule has 27 heavy (non-hydrogen) atoms. The molecular formula is C19H20FN5O2. The normalized spacial score (nSPS) is 14.4. The maximum absolute atomic E-state index is 14.2. The van der Waals surface area contributed by atoms with E-state index in [4.69, 9.17) is 9.47 Å². The number of anilines is 1. The van der Waals surface area contributed by atoms with Crippen LogP contribution in [-0.4, -0.2) is 53.2 Å². The first kappa shape index (κ1) is 17.4. The van der Waals surface area contributed by atoms with Gasteiger partial charge in [-0.25, -0.2) is 14.4 Å². The van der Waals surface area contributed by atoms with Crippen LogP contribution >= 0.6 is 0 Å². The van der Waals surface area contributed by atoms with Gasteiger partial charge in [-0.3, -0.25) is 4.68 Å². The van der Waals surface area contributed by atoms with Gasteiger partial charge in [0.1, 0.15) is 5.75 Å². The molecule has 2 aromatic heterocycles. The predicted octanol–water partition coefficient (Wildman–Crippen LogP) is 2.37. The van der Waals surface area contributed by atoms with Crippen LogP contribution in [0.4, 0.5) is 10.2 Å². The van der Waals surface area contributed by atoms with Crippen LogP contribution < -0.4 is 9.64 Å². The molecule has 0 aliphatic carbocycles. The molecule has 1 aliphatic heterocycles. The molecule has 0 atom stereocenters. The maximum Gasteiger partial charge on any atom is 0.183 e. The van der Waals surface area contributed by atoms with Gasteiger partial charge in [0.25, 0.3) is 0 Å². The summed E-state index contributed by atoms with van der Waals surface area (Å²) in [5, 5.41) is 4.37. The Kier molecular flexibility index (Phi) is 4.97. The Morgan fingerprint density at radius 1 is 1.15 bits per heavy atom. The van der Waals surface area contributed by atoms with Gasteiger partial charge < -0.3 is 14.4 Å². The monoisotopic (exact) mass is 369 g/mol. The number of rotatable bonds is 5. The quantitative estimate of drug-likeness (QED) is 0.688. The number of morpholine rings is 1. The molecule has 7 nitrogen and oxygen atoms in total. The van der Waals surface area contributed by atoms with E-state index >= 15 is 0 Å². The molecule has 0 saturated carbocycles. The molecule has 0 amide bonds. The summed E-state index contributed by atoms with van der Waals surface area (Å²) in [5.74, 6) is 1.16. The van der Waals surface area contributed by atoms with Gasteiger partial charge in [0.2, 0.25) is 0 Å². The lowest BCUT2D eigenvalue weighted by Gasteiger charge is -2.28. The van der Waals surface area contributed by atoms with Crippen molar-refractivity contribution in [3.63, 3.8) is 0 Å². The summed E-state index contributed by atoms with van der Waals surface area (Å²) in [6, 6.07) is 7.81. The molecule has 1 fully saturated rings. The van der Waals surface area contributed by atoms with E-state index < -0.39 is 5.82 Å². The van der Waals surface area contributed by atoms with Crippen LogP contribution in [0.3, 0.4) is 0 Å². The van der Waals surface area contributed by atoms with Crippen LogP contribution in [0.25, 0.3) is 11.4 Å². The van der Waals surface area contributed by atoms with E-state index in [1.165, 1.54) is 6.20 Å². The maximum atomic E-state index is 14.2. The summed E-state index contributed by atoms with van der Waals surface area (Å²) in [5.41, 5.74) is 1.84. The van der Waals surface area contributed by atoms with Gasteiger partial charge in [-0.1, -0.05) is 12.1 Å². The van der Waals surface area contributed by atoms with Crippen molar-refractivity contribution in [2.75, 3.05) is 38.3 Å². The van der Waals surface area contributed by atoms with Crippen LogP contribution in [-0.2, 0) is 11.3 Å². The van der Waals surface area contributed by atoms with E-state index in [1.807, 2.05) is 35.4 Å². The number of aromatic nitrogens is 4. The molecule has 1 aromatic carbocycles. The zero-order chi connectivity index (χ0) is 18.6. The van der Waals surface area contributed by atoms with Crippen molar-refractivity contribution in [2.24, 2.45) is 0 Å². The average molecular weight is 369 g/mol. The highest BCUT2D eigenvalue weighted by atomic mass is 19.1. The van der Waals surface area contributed by atoms with Crippen molar-refractivity contribution in [3.05, 3.63) is 54.2 Å². The van der Waals surface area contributed by atoms with Crippen LogP contribution in [0.15, 0.2) is 42.9 Å².